The molecule has 1 fully saturated rings. The lowest BCUT2D eigenvalue weighted by atomic mass is 10.1. The normalized spacial score (nSPS) is 15.8. The van der Waals surface area contributed by atoms with Crippen LogP contribution in [0.3, 0.4) is 0 Å². The number of hydrogen-bond donors (Lipinski definition) is 3. The van der Waals surface area contributed by atoms with Gasteiger partial charge in [-0.05, 0) is 36.8 Å². The molecule has 1 aromatic heterocycles. The Morgan fingerprint density at radius 2 is 1.84 bits per heavy atom. The van der Waals surface area contributed by atoms with E-state index in [-0.39, 0.29) is 15.4 Å². The van der Waals surface area contributed by atoms with Gasteiger partial charge in [0, 0.05) is 10.8 Å². The number of benzene rings is 2. The molecule has 3 amide bonds. The number of aryl methyl sites for hydroxylation is 1. The molecule has 1 aliphatic rings. The number of sulfone groups is 1. The minimum Gasteiger partial charge on any atom is -0.489 e. The number of ether oxygens (including phenoxy) is 1. The van der Waals surface area contributed by atoms with Crippen LogP contribution >= 0.6 is 0 Å². The summed E-state index contributed by atoms with van der Waals surface area (Å²) >= 11 is 0. The predicted octanol–water partition coefficient (Wildman–Crippen LogP) is 1.81. The molecule has 0 bridgehead atoms. The molecule has 1 atom stereocenters. The summed E-state index contributed by atoms with van der Waals surface area (Å²) in [5.41, 5.74) is 2.05. The summed E-state index contributed by atoms with van der Waals surface area (Å²) < 4.78 is 32.9. The Morgan fingerprint density at radius 1 is 1.09 bits per heavy atom. The molecule has 9 nitrogen and oxygen atoms in total. The SMILES string of the molecule is Cc1cccc(COc2ccc(S(=O)(=O)c3cc[n+](O)cc3C3NC(=O)NC3=O)cc2)c1. The van der Waals surface area contributed by atoms with E-state index in [2.05, 4.69) is 10.6 Å². The van der Waals surface area contributed by atoms with Crippen LogP contribution in [-0.2, 0) is 21.2 Å². The van der Waals surface area contributed by atoms with Crippen molar-refractivity contribution >= 4 is 21.8 Å². The number of hydrogen-bond acceptors (Lipinski definition) is 6. The number of nitrogens with one attached hydrogen (secondary N) is 2. The van der Waals surface area contributed by atoms with Gasteiger partial charge in [0.05, 0.1) is 15.4 Å². The quantitative estimate of drug-likeness (QED) is 0.296. The fourth-order valence-electron chi connectivity index (χ4n) is 3.40. The van der Waals surface area contributed by atoms with Gasteiger partial charge in [0.15, 0.2) is 0 Å². The number of carbonyl (C=O) groups excluding carboxylic acids is 2. The van der Waals surface area contributed by atoms with Crippen molar-refractivity contribution < 1.29 is 32.7 Å². The van der Waals surface area contributed by atoms with Gasteiger partial charge in [0.2, 0.25) is 22.2 Å². The summed E-state index contributed by atoms with van der Waals surface area (Å²) in [6.07, 6.45) is 2.20. The van der Waals surface area contributed by atoms with Crippen molar-refractivity contribution in [2.24, 2.45) is 0 Å². The van der Waals surface area contributed by atoms with E-state index in [0.29, 0.717) is 17.1 Å². The van der Waals surface area contributed by atoms with E-state index in [4.69, 9.17) is 4.74 Å². The predicted molar refractivity (Wildman–Crippen MR) is 111 cm³/mol. The monoisotopic (exact) mass is 454 g/mol. The third-order valence-electron chi connectivity index (χ3n) is 4.93. The molecule has 3 aromatic rings. The molecule has 0 saturated carbocycles. The molecule has 4 rings (SSSR count). The van der Waals surface area contributed by atoms with Gasteiger partial charge in [-0.1, -0.05) is 29.8 Å². The Hall–Kier alpha value is -3.92. The minimum atomic E-state index is -4.07. The molecular weight excluding hydrogens is 434 g/mol. The van der Waals surface area contributed by atoms with Gasteiger partial charge in [-0.15, -0.1) is 0 Å². The molecular formula is C22H20N3O6S+. The van der Waals surface area contributed by atoms with Gasteiger partial charge in [0.1, 0.15) is 18.4 Å². The maximum Gasteiger partial charge on any atom is 0.322 e. The van der Waals surface area contributed by atoms with Crippen molar-refractivity contribution in [3.8, 4) is 5.75 Å². The highest BCUT2D eigenvalue weighted by Gasteiger charge is 2.37. The second kappa shape index (κ2) is 8.31. The van der Waals surface area contributed by atoms with Gasteiger partial charge in [-0.3, -0.25) is 15.3 Å². The molecule has 0 aliphatic carbocycles. The molecule has 2 aromatic carbocycles. The summed E-state index contributed by atoms with van der Waals surface area (Å²) in [5, 5.41) is 14.2. The fourth-order valence-corrected chi connectivity index (χ4v) is 4.87. The number of aromatic nitrogens is 1. The van der Waals surface area contributed by atoms with E-state index in [1.165, 1.54) is 18.2 Å². The smallest absolute Gasteiger partial charge is 0.322 e. The Bertz CT molecular complexity index is 1310. The topological polar surface area (TPSA) is 126 Å². The summed E-state index contributed by atoms with van der Waals surface area (Å²) in [7, 11) is -4.07. The van der Waals surface area contributed by atoms with Gasteiger partial charge in [-0.2, -0.15) is 0 Å². The highest BCUT2D eigenvalue weighted by molar-refractivity contribution is 7.91. The molecule has 2 heterocycles. The molecule has 1 aliphatic heterocycles. The van der Waals surface area contributed by atoms with Crippen LogP contribution in [-0.4, -0.2) is 25.6 Å². The fraction of sp³-hybridized carbons (Fsp3) is 0.136. The van der Waals surface area contributed by atoms with Crippen LogP contribution in [0.15, 0.2) is 76.8 Å². The number of nitrogens with zero attached hydrogens (tertiary/aromatic N) is 1. The minimum absolute atomic E-state index is 0.0259. The standard InChI is InChI=1S/C22H19N3O6S/c1-14-3-2-4-15(11-14)13-31-16-5-7-17(8-6-16)32(29,30)19-9-10-25(28)12-18(19)20-21(26)24-22(27)23-20/h2-12,20H,13H2,1H3,(H2-,23,24,26,27,28)/p+1. The number of rotatable bonds is 6. The zero-order valence-corrected chi connectivity index (χ0v) is 17.8. The number of carbonyl (C=O) groups is 2. The van der Waals surface area contributed by atoms with Crippen LogP contribution in [0, 0.1) is 6.92 Å². The Morgan fingerprint density at radius 3 is 2.50 bits per heavy atom. The third kappa shape index (κ3) is 4.26. The molecule has 32 heavy (non-hydrogen) atoms. The second-order valence-corrected chi connectivity index (χ2v) is 9.21. The van der Waals surface area contributed by atoms with E-state index in [1.54, 1.807) is 12.1 Å². The Balaban J connectivity index is 1.60. The van der Waals surface area contributed by atoms with Crippen LogP contribution in [0.4, 0.5) is 4.79 Å². The van der Waals surface area contributed by atoms with Crippen molar-refractivity contribution in [2.75, 3.05) is 0 Å². The molecule has 10 heteroatoms. The lowest BCUT2D eigenvalue weighted by molar-refractivity contribution is -0.905. The van der Waals surface area contributed by atoms with E-state index < -0.39 is 27.8 Å². The summed E-state index contributed by atoms with van der Waals surface area (Å²) in [5.74, 6) is -0.216. The number of amides is 3. The molecule has 0 radical (unpaired) electrons. The molecule has 3 N–H and O–H groups in total. The first-order valence-corrected chi connectivity index (χ1v) is 11.1. The van der Waals surface area contributed by atoms with Crippen LogP contribution in [0.2, 0.25) is 0 Å². The third-order valence-corrected chi connectivity index (χ3v) is 6.77. The van der Waals surface area contributed by atoms with Crippen molar-refractivity contribution in [2.45, 2.75) is 29.4 Å². The van der Waals surface area contributed by atoms with Crippen molar-refractivity contribution in [1.29, 1.82) is 0 Å². The van der Waals surface area contributed by atoms with Crippen molar-refractivity contribution in [3.63, 3.8) is 0 Å². The Labute approximate surface area is 184 Å². The molecule has 1 saturated heterocycles. The van der Waals surface area contributed by atoms with Gasteiger partial charge in [0.25, 0.3) is 5.91 Å². The zero-order valence-electron chi connectivity index (χ0n) is 17.0. The molecule has 1 unspecified atom stereocenters. The van der Waals surface area contributed by atoms with E-state index in [9.17, 15) is 23.2 Å². The summed E-state index contributed by atoms with van der Waals surface area (Å²) in [6, 6.07) is 12.9. The zero-order chi connectivity index (χ0) is 22.9. The first kappa shape index (κ1) is 21.3. The van der Waals surface area contributed by atoms with Gasteiger partial charge < -0.3 is 10.1 Å². The maximum atomic E-state index is 13.3. The van der Waals surface area contributed by atoms with E-state index in [1.807, 2.05) is 31.2 Å². The van der Waals surface area contributed by atoms with Crippen LogP contribution < -0.4 is 20.1 Å². The van der Waals surface area contributed by atoms with E-state index in [0.717, 1.165) is 23.5 Å². The summed E-state index contributed by atoms with van der Waals surface area (Å²) in [4.78, 5) is 23.3. The summed E-state index contributed by atoms with van der Waals surface area (Å²) in [6.45, 7) is 2.32. The first-order valence-electron chi connectivity index (χ1n) is 9.63. The Kier molecular flexibility index (Phi) is 5.54. The number of imide groups is 1. The van der Waals surface area contributed by atoms with Gasteiger partial charge in [-0.25, -0.2) is 13.2 Å². The number of urea groups is 1. The van der Waals surface area contributed by atoms with Crippen molar-refractivity contribution in [3.05, 3.63) is 83.7 Å². The average Bonchev–Trinajstić information content (AvgIpc) is 3.10. The number of pyridine rings is 1. The van der Waals surface area contributed by atoms with Crippen LogP contribution in [0.1, 0.15) is 22.7 Å². The van der Waals surface area contributed by atoms with Gasteiger partial charge >= 0.3 is 6.03 Å². The van der Waals surface area contributed by atoms with Crippen LogP contribution in [0.25, 0.3) is 0 Å². The van der Waals surface area contributed by atoms with Crippen LogP contribution in [0.5, 0.6) is 5.75 Å². The van der Waals surface area contributed by atoms with E-state index >= 15 is 0 Å². The lowest BCUT2D eigenvalue weighted by Crippen LogP contribution is -2.33. The highest BCUT2D eigenvalue weighted by Crippen LogP contribution is 2.29. The first-order chi connectivity index (χ1) is 15.2. The second-order valence-electron chi connectivity index (χ2n) is 7.29. The maximum absolute atomic E-state index is 13.3. The lowest BCUT2D eigenvalue weighted by Gasteiger charge is -2.12. The largest absolute Gasteiger partial charge is 0.489 e. The highest BCUT2D eigenvalue weighted by atomic mass is 32.2. The molecule has 164 valence electrons. The average molecular weight is 454 g/mol. The van der Waals surface area contributed by atoms with Crippen molar-refractivity contribution in [1.82, 2.24) is 10.6 Å². The molecule has 0 spiro atoms.